The van der Waals surface area contributed by atoms with Gasteiger partial charge in [-0.1, -0.05) is 47.6 Å². The summed E-state index contributed by atoms with van der Waals surface area (Å²) in [6.07, 6.45) is -0.414. The van der Waals surface area contributed by atoms with Crippen molar-refractivity contribution in [2.45, 2.75) is 23.3 Å². The first kappa shape index (κ1) is 25.6. The van der Waals surface area contributed by atoms with Crippen molar-refractivity contribution >= 4 is 33.3 Å². The van der Waals surface area contributed by atoms with Crippen LogP contribution in [0.1, 0.15) is 24.0 Å². The predicted molar refractivity (Wildman–Crippen MR) is 135 cm³/mol. The number of sulfonamides is 1. The third-order valence-electron chi connectivity index (χ3n) is 5.83. The van der Waals surface area contributed by atoms with E-state index in [1.807, 2.05) is 6.07 Å². The number of ether oxygens (including phenoxy) is 1. The van der Waals surface area contributed by atoms with Crippen LogP contribution in [0, 0.1) is 11.3 Å². The molecule has 0 bridgehead atoms. The molecule has 188 valence electrons. The molecule has 0 aromatic heterocycles. The van der Waals surface area contributed by atoms with E-state index in [2.05, 4.69) is 10.5 Å². The van der Waals surface area contributed by atoms with Gasteiger partial charge in [-0.05, 0) is 35.9 Å². The van der Waals surface area contributed by atoms with Crippen LogP contribution < -0.4 is 10.5 Å². The van der Waals surface area contributed by atoms with Gasteiger partial charge in [-0.15, -0.1) is 0 Å². The van der Waals surface area contributed by atoms with Crippen LogP contribution in [0.15, 0.2) is 82.8 Å². The summed E-state index contributed by atoms with van der Waals surface area (Å²) in [4.78, 5) is 31.0. The molecule has 3 aromatic carbocycles. The number of carbonyl (C=O) groups excluding carboxylic acids is 2. The molecule has 11 heteroatoms. The number of hydrogen-bond donors (Lipinski definition) is 2. The van der Waals surface area contributed by atoms with E-state index in [1.54, 1.807) is 66.7 Å². The maximum atomic E-state index is 13.4. The molecule has 0 saturated heterocycles. The number of esters is 1. The quantitative estimate of drug-likeness (QED) is 0.455. The van der Waals surface area contributed by atoms with Gasteiger partial charge in [0.25, 0.3) is 5.91 Å². The van der Waals surface area contributed by atoms with Crippen LogP contribution in [-0.4, -0.2) is 38.7 Å². The van der Waals surface area contributed by atoms with Crippen LogP contribution in [-0.2, 0) is 29.2 Å². The highest BCUT2D eigenvalue weighted by Gasteiger charge is 2.49. The maximum Gasteiger partial charge on any atom is 0.310 e. The zero-order valence-electron chi connectivity index (χ0n) is 19.7. The van der Waals surface area contributed by atoms with Crippen molar-refractivity contribution in [1.29, 1.82) is 5.26 Å². The summed E-state index contributed by atoms with van der Waals surface area (Å²) in [5, 5.41) is 21.3. The van der Waals surface area contributed by atoms with Gasteiger partial charge >= 0.3 is 5.97 Å². The van der Waals surface area contributed by atoms with E-state index in [9.17, 15) is 23.3 Å². The Balaban J connectivity index is 1.57. The summed E-state index contributed by atoms with van der Waals surface area (Å²) in [6, 6.07) is 21.5. The fraction of sp³-hybridized carbons (Fsp3) is 0.154. The van der Waals surface area contributed by atoms with Crippen molar-refractivity contribution in [3.63, 3.8) is 0 Å². The Morgan fingerprint density at radius 3 is 2.51 bits per heavy atom. The Bertz CT molecular complexity index is 1540. The molecule has 0 fully saturated rings. The fourth-order valence-electron chi connectivity index (χ4n) is 3.93. The number of amides is 1. The lowest BCUT2D eigenvalue weighted by Crippen LogP contribution is -2.45. The van der Waals surface area contributed by atoms with Gasteiger partial charge in [0, 0.05) is 23.2 Å². The van der Waals surface area contributed by atoms with Crippen LogP contribution in [0.4, 0.5) is 5.69 Å². The highest BCUT2D eigenvalue weighted by molar-refractivity contribution is 7.89. The summed E-state index contributed by atoms with van der Waals surface area (Å²) in [6.45, 7) is 0. The molecule has 0 saturated carbocycles. The normalized spacial score (nSPS) is 16.7. The van der Waals surface area contributed by atoms with Gasteiger partial charge in [0.1, 0.15) is 0 Å². The molecule has 1 unspecified atom stereocenters. The molecule has 3 N–H and O–H groups in total. The maximum absolute atomic E-state index is 13.4. The van der Waals surface area contributed by atoms with E-state index < -0.39 is 27.5 Å². The second kappa shape index (κ2) is 10.2. The molecule has 4 rings (SSSR count). The van der Waals surface area contributed by atoms with Crippen molar-refractivity contribution in [3.05, 3.63) is 83.9 Å². The van der Waals surface area contributed by atoms with Crippen molar-refractivity contribution in [3.8, 4) is 17.2 Å². The molecule has 1 atom stereocenters. The highest BCUT2D eigenvalue weighted by Crippen LogP contribution is 2.33. The van der Waals surface area contributed by atoms with Gasteiger partial charge in [-0.25, -0.2) is 13.6 Å². The molecule has 37 heavy (non-hydrogen) atoms. The first-order valence-electron chi connectivity index (χ1n) is 11.0. The standard InChI is InChI=1S/C26H22N4O6S/c1-35-24(31)15-26(14-22(30-36-26)19-6-4-5-17(13-19)16-27)25(32)29-20-11-9-18(10-12-20)21-7-2-3-8-23(21)37(28,33)34/h2-13H,14-15H2,1H3,(H,29,32)(H2,28,33,34). The minimum Gasteiger partial charge on any atom is -0.469 e. The SMILES string of the molecule is COC(=O)CC1(C(=O)Nc2ccc(-c3ccccc3S(N)(=O)=O)cc2)CC(c2cccc(C#N)c2)=NO1. The molecule has 1 aliphatic rings. The average Bonchev–Trinajstić information content (AvgIpc) is 3.34. The number of oxime groups is 1. The molecular weight excluding hydrogens is 496 g/mol. The lowest BCUT2D eigenvalue weighted by molar-refractivity contribution is -0.155. The van der Waals surface area contributed by atoms with Gasteiger partial charge in [0.05, 0.1) is 35.8 Å². The molecule has 0 spiro atoms. The van der Waals surface area contributed by atoms with E-state index in [1.165, 1.54) is 13.2 Å². The lowest BCUT2D eigenvalue weighted by Gasteiger charge is -2.24. The number of nitrogens with one attached hydrogen (secondary N) is 1. The second-order valence-corrected chi connectivity index (χ2v) is 9.85. The van der Waals surface area contributed by atoms with E-state index >= 15 is 0 Å². The smallest absolute Gasteiger partial charge is 0.310 e. The van der Waals surface area contributed by atoms with Gasteiger partial charge in [0.15, 0.2) is 0 Å². The number of hydrogen-bond acceptors (Lipinski definition) is 8. The number of anilines is 1. The molecular formula is C26H22N4O6S. The van der Waals surface area contributed by atoms with Gasteiger partial charge in [0.2, 0.25) is 15.6 Å². The van der Waals surface area contributed by atoms with Crippen molar-refractivity contribution < 1.29 is 27.6 Å². The van der Waals surface area contributed by atoms with Crippen LogP contribution in [0.2, 0.25) is 0 Å². The number of nitrogens with two attached hydrogens (primary N) is 1. The zero-order valence-corrected chi connectivity index (χ0v) is 20.5. The Morgan fingerprint density at radius 2 is 1.84 bits per heavy atom. The summed E-state index contributed by atoms with van der Waals surface area (Å²) in [5.74, 6) is -1.28. The van der Waals surface area contributed by atoms with Crippen molar-refractivity contribution in [2.24, 2.45) is 10.3 Å². The largest absolute Gasteiger partial charge is 0.469 e. The number of nitrogens with zero attached hydrogens (tertiary/aromatic N) is 2. The summed E-state index contributed by atoms with van der Waals surface area (Å²) in [7, 11) is -2.73. The Morgan fingerprint density at radius 1 is 1.11 bits per heavy atom. The number of benzene rings is 3. The van der Waals surface area contributed by atoms with Crippen LogP contribution >= 0.6 is 0 Å². The number of carbonyl (C=O) groups is 2. The molecule has 0 radical (unpaired) electrons. The number of rotatable bonds is 7. The zero-order chi connectivity index (χ0) is 26.6. The average molecular weight is 519 g/mol. The van der Waals surface area contributed by atoms with Crippen molar-refractivity contribution in [2.75, 3.05) is 12.4 Å². The van der Waals surface area contributed by atoms with E-state index in [-0.39, 0.29) is 17.7 Å². The fourth-order valence-corrected chi connectivity index (χ4v) is 4.69. The summed E-state index contributed by atoms with van der Waals surface area (Å²) in [5.41, 5.74) is 1.13. The minimum atomic E-state index is -3.94. The van der Waals surface area contributed by atoms with Crippen LogP contribution in [0.3, 0.4) is 0 Å². The highest BCUT2D eigenvalue weighted by atomic mass is 32.2. The van der Waals surface area contributed by atoms with Gasteiger partial charge < -0.3 is 14.9 Å². The molecule has 0 aliphatic carbocycles. The number of nitriles is 1. The van der Waals surface area contributed by atoms with Gasteiger partial charge in [-0.3, -0.25) is 9.59 Å². The lowest BCUT2D eigenvalue weighted by atomic mass is 9.89. The van der Waals surface area contributed by atoms with E-state index in [4.69, 9.17) is 14.7 Å². The van der Waals surface area contributed by atoms with E-state index in [0.717, 1.165) is 0 Å². The predicted octanol–water partition coefficient (Wildman–Crippen LogP) is 2.94. The number of methoxy groups -OCH3 is 1. The third-order valence-corrected chi connectivity index (χ3v) is 6.80. The van der Waals surface area contributed by atoms with Crippen LogP contribution in [0.25, 0.3) is 11.1 Å². The molecule has 1 heterocycles. The molecule has 3 aromatic rings. The first-order valence-corrected chi connectivity index (χ1v) is 12.6. The third kappa shape index (κ3) is 5.50. The number of primary sulfonamides is 1. The molecule has 10 nitrogen and oxygen atoms in total. The minimum absolute atomic E-state index is 0.0201. The topological polar surface area (TPSA) is 161 Å². The Hall–Kier alpha value is -4.53. The monoisotopic (exact) mass is 518 g/mol. The van der Waals surface area contributed by atoms with E-state index in [0.29, 0.717) is 33.7 Å². The van der Waals surface area contributed by atoms with Gasteiger partial charge in [-0.2, -0.15) is 5.26 Å². The summed E-state index contributed by atoms with van der Waals surface area (Å²) >= 11 is 0. The summed E-state index contributed by atoms with van der Waals surface area (Å²) < 4.78 is 28.7. The van der Waals surface area contributed by atoms with Crippen molar-refractivity contribution in [1.82, 2.24) is 0 Å². The second-order valence-electron chi connectivity index (χ2n) is 8.32. The molecule has 1 aliphatic heterocycles. The molecule has 1 amide bonds. The Labute approximate surface area is 213 Å². The first-order chi connectivity index (χ1) is 17.6. The van der Waals surface area contributed by atoms with Crippen LogP contribution in [0.5, 0.6) is 0 Å². The Kier molecular flexibility index (Phi) is 7.06.